The van der Waals surface area contributed by atoms with Gasteiger partial charge in [0.1, 0.15) is 5.78 Å². The summed E-state index contributed by atoms with van der Waals surface area (Å²) in [7, 11) is 0. The quantitative estimate of drug-likeness (QED) is 0.782. The van der Waals surface area contributed by atoms with Crippen molar-refractivity contribution in [1.29, 1.82) is 0 Å². The molecule has 17 heavy (non-hydrogen) atoms. The van der Waals surface area contributed by atoms with E-state index in [1.807, 2.05) is 35.2 Å². The van der Waals surface area contributed by atoms with Crippen LogP contribution >= 0.6 is 0 Å². The number of benzene rings is 1. The molecular formula is C14H17NO2. The molecular weight excluding hydrogens is 214 g/mol. The van der Waals surface area contributed by atoms with E-state index < -0.39 is 0 Å². The number of hydrogen-bond donors (Lipinski definition) is 0. The molecule has 1 aromatic carbocycles. The van der Waals surface area contributed by atoms with Gasteiger partial charge in [-0.25, -0.2) is 0 Å². The second-order valence-electron chi connectivity index (χ2n) is 4.54. The lowest BCUT2D eigenvalue weighted by Crippen LogP contribution is -2.39. The first-order valence-corrected chi connectivity index (χ1v) is 6.03. The first-order chi connectivity index (χ1) is 8.18. The fraction of sp³-hybridized carbons (Fsp3) is 0.429. The number of carbonyl (C=O) groups is 2. The van der Waals surface area contributed by atoms with Gasteiger partial charge in [-0.05, 0) is 31.9 Å². The van der Waals surface area contributed by atoms with E-state index in [0.29, 0.717) is 13.1 Å². The summed E-state index contributed by atoms with van der Waals surface area (Å²) in [6, 6.07) is 9.31. The Kier molecular flexibility index (Phi) is 3.57. The Morgan fingerprint density at radius 1 is 1.12 bits per heavy atom. The van der Waals surface area contributed by atoms with Gasteiger partial charge in [0.2, 0.25) is 0 Å². The number of piperidine rings is 1. The molecule has 1 saturated heterocycles. The molecule has 1 aromatic rings. The number of amides is 1. The third-order valence-corrected chi connectivity index (χ3v) is 3.38. The minimum absolute atomic E-state index is 0.0765. The van der Waals surface area contributed by atoms with E-state index in [4.69, 9.17) is 0 Å². The molecule has 1 fully saturated rings. The van der Waals surface area contributed by atoms with E-state index in [0.717, 1.165) is 18.4 Å². The van der Waals surface area contributed by atoms with Crippen LogP contribution in [0.1, 0.15) is 30.1 Å². The van der Waals surface area contributed by atoms with Crippen molar-refractivity contribution < 1.29 is 9.59 Å². The lowest BCUT2D eigenvalue weighted by atomic mass is 9.93. The third-order valence-electron chi connectivity index (χ3n) is 3.38. The fourth-order valence-corrected chi connectivity index (χ4v) is 2.25. The van der Waals surface area contributed by atoms with Crippen LogP contribution in [0.15, 0.2) is 30.3 Å². The molecule has 0 radical (unpaired) electrons. The van der Waals surface area contributed by atoms with Crippen LogP contribution in [0, 0.1) is 5.92 Å². The van der Waals surface area contributed by atoms with E-state index in [1.165, 1.54) is 0 Å². The zero-order valence-electron chi connectivity index (χ0n) is 10.1. The highest BCUT2D eigenvalue weighted by atomic mass is 16.2. The van der Waals surface area contributed by atoms with Crippen LogP contribution in [-0.4, -0.2) is 29.7 Å². The zero-order chi connectivity index (χ0) is 12.3. The van der Waals surface area contributed by atoms with Gasteiger partial charge in [0.25, 0.3) is 5.91 Å². The van der Waals surface area contributed by atoms with Crippen molar-refractivity contribution in [3.05, 3.63) is 35.9 Å². The smallest absolute Gasteiger partial charge is 0.253 e. The Morgan fingerprint density at radius 3 is 2.24 bits per heavy atom. The minimum Gasteiger partial charge on any atom is -0.339 e. The molecule has 1 heterocycles. The van der Waals surface area contributed by atoms with Gasteiger partial charge in [-0.15, -0.1) is 0 Å². The molecule has 1 aliphatic heterocycles. The number of Topliss-reactive ketones (excluding diaryl/α,β-unsaturated/α-hetero) is 1. The summed E-state index contributed by atoms with van der Waals surface area (Å²) in [5, 5.41) is 0. The summed E-state index contributed by atoms with van der Waals surface area (Å²) < 4.78 is 0. The topological polar surface area (TPSA) is 37.4 Å². The van der Waals surface area contributed by atoms with Crippen molar-refractivity contribution in [1.82, 2.24) is 4.90 Å². The normalized spacial score (nSPS) is 16.9. The van der Waals surface area contributed by atoms with E-state index in [2.05, 4.69) is 0 Å². The number of rotatable bonds is 2. The number of nitrogens with zero attached hydrogens (tertiary/aromatic N) is 1. The molecule has 90 valence electrons. The summed E-state index contributed by atoms with van der Waals surface area (Å²) in [4.78, 5) is 25.2. The highest BCUT2D eigenvalue weighted by Crippen LogP contribution is 2.19. The summed E-state index contributed by atoms with van der Waals surface area (Å²) in [5.41, 5.74) is 0.730. The average Bonchev–Trinajstić information content (AvgIpc) is 2.39. The summed E-state index contributed by atoms with van der Waals surface area (Å²) in [6.07, 6.45) is 1.60. The van der Waals surface area contributed by atoms with Crippen LogP contribution < -0.4 is 0 Å². The van der Waals surface area contributed by atoms with Gasteiger partial charge in [-0.3, -0.25) is 9.59 Å². The van der Waals surface area contributed by atoms with Crippen molar-refractivity contribution in [3.8, 4) is 0 Å². The highest BCUT2D eigenvalue weighted by molar-refractivity contribution is 5.94. The number of ketones is 1. The second kappa shape index (κ2) is 5.13. The predicted molar refractivity (Wildman–Crippen MR) is 65.8 cm³/mol. The van der Waals surface area contributed by atoms with Crippen LogP contribution in [-0.2, 0) is 4.79 Å². The van der Waals surface area contributed by atoms with Crippen molar-refractivity contribution in [3.63, 3.8) is 0 Å². The SMILES string of the molecule is CC(=O)C1CCN(C(=O)c2ccccc2)CC1. The molecule has 3 nitrogen and oxygen atoms in total. The molecule has 0 N–H and O–H groups in total. The molecule has 1 amide bonds. The maximum Gasteiger partial charge on any atom is 0.253 e. The third kappa shape index (κ3) is 2.73. The summed E-state index contributed by atoms with van der Waals surface area (Å²) in [5.74, 6) is 0.472. The van der Waals surface area contributed by atoms with Crippen molar-refractivity contribution in [2.45, 2.75) is 19.8 Å². The van der Waals surface area contributed by atoms with Gasteiger partial charge in [0, 0.05) is 24.6 Å². The molecule has 3 heteroatoms. The van der Waals surface area contributed by atoms with E-state index >= 15 is 0 Å². The monoisotopic (exact) mass is 231 g/mol. The molecule has 0 aromatic heterocycles. The molecule has 0 unspecified atom stereocenters. The largest absolute Gasteiger partial charge is 0.339 e. The van der Waals surface area contributed by atoms with Crippen LogP contribution in [0.3, 0.4) is 0 Å². The van der Waals surface area contributed by atoms with Crippen molar-refractivity contribution in [2.24, 2.45) is 5.92 Å². The van der Waals surface area contributed by atoms with Gasteiger partial charge in [0.15, 0.2) is 0 Å². The van der Waals surface area contributed by atoms with Crippen molar-refractivity contribution >= 4 is 11.7 Å². The fourth-order valence-electron chi connectivity index (χ4n) is 2.25. The first-order valence-electron chi connectivity index (χ1n) is 6.03. The number of hydrogen-bond acceptors (Lipinski definition) is 2. The lowest BCUT2D eigenvalue weighted by Gasteiger charge is -2.30. The molecule has 2 rings (SSSR count). The number of carbonyl (C=O) groups excluding carboxylic acids is 2. The standard InChI is InChI=1S/C14H17NO2/c1-11(16)12-7-9-15(10-8-12)14(17)13-5-3-2-4-6-13/h2-6,12H,7-10H2,1H3. The molecule has 0 spiro atoms. The molecule has 0 atom stereocenters. The summed E-state index contributed by atoms with van der Waals surface area (Å²) in [6.45, 7) is 3.02. The van der Waals surface area contributed by atoms with Crippen LogP contribution in [0.25, 0.3) is 0 Å². The maximum absolute atomic E-state index is 12.1. The molecule has 0 aliphatic carbocycles. The van der Waals surface area contributed by atoms with Crippen LogP contribution in [0.2, 0.25) is 0 Å². The summed E-state index contributed by atoms with van der Waals surface area (Å²) >= 11 is 0. The first kappa shape index (κ1) is 11.8. The molecule has 0 saturated carbocycles. The van der Waals surface area contributed by atoms with Gasteiger partial charge in [-0.1, -0.05) is 18.2 Å². The zero-order valence-corrected chi connectivity index (χ0v) is 10.1. The van der Waals surface area contributed by atoms with Gasteiger partial charge in [0.05, 0.1) is 0 Å². The lowest BCUT2D eigenvalue weighted by molar-refractivity contribution is -0.121. The van der Waals surface area contributed by atoms with Gasteiger partial charge >= 0.3 is 0 Å². The molecule has 0 bridgehead atoms. The predicted octanol–water partition coefficient (Wildman–Crippen LogP) is 2.13. The Balaban J connectivity index is 1.98. The van der Waals surface area contributed by atoms with Crippen LogP contribution in [0.4, 0.5) is 0 Å². The minimum atomic E-state index is 0.0765. The molecule has 1 aliphatic rings. The highest BCUT2D eigenvalue weighted by Gasteiger charge is 2.25. The van der Waals surface area contributed by atoms with E-state index in [1.54, 1.807) is 6.92 Å². The Morgan fingerprint density at radius 2 is 1.71 bits per heavy atom. The van der Waals surface area contributed by atoms with Crippen LogP contribution in [0.5, 0.6) is 0 Å². The van der Waals surface area contributed by atoms with E-state index in [9.17, 15) is 9.59 Å². The maximum atomic E-state index is 12.1. The van der Waals surface area contributed by atoms with Gasteiger partial charge < -0.3 is 4.90 Å². The Hall–Kier alpha value is -1.64. The average molecular weight is 231 g/mol. The number of likely N-dealkylation sites (tertiary alicyclic amines) is 1. The van der Waals surface area contributed by atoms with E-state index in [-0.39, 0.29) is 17.6 Å². The Bertz CT molecular complexity index is 405. The van der Waals surface area contributed by atoms with Crippen molar-refractivity contribution in [2.75, 3.05) is 13.1 Å². The van der Waals surface area contributed by atoms with Gasteiger partial charge in [-0.2, -0.15) is 0 Å². The second-order valence-corrected chi connectivity index (χ2v) is 4.54. The Labute approximate surface area is 101 Å².